The fourth-order valence-corrected chi connectivity index (χ4v) is 7.64. The maximum absolute atomic E-state index is 2.45. The van der Waals surface area contributed by atoms with E-state index in [9.17, 15) is 0 Å². The van der Waals surface area contributed by atoms with E-state index in [4.69, 9.17) is 0 Å². The van der Waals surface area contributed by atoms with Gasteiger partial charge in [0.1, 0.15) is 0 Å². The topological polar surface area (TPSA) is 0 Å². The highest BCUT2D eigenvalue weighted by atomic mass is 79.9. The molecule has 0 saturated heterocycles. The van der Waals surface area contributed by atoms with E-state index in [1.165, 1.54) is 254 Å². The van der Waals surface area contributed by atoms with Gasteiger partial charge in [0.15, 0.2) is 0 Å². The van der Waals surface area contributed by atoms with Gasteiger partial charge in [-0.15, -0.1) is 0 Å². The molecule has 0 atom stereocenters. The normalized spacial score (nSPS) is 11.9. The van der Waals surface area contributed by atoms with E-state index in [0.717, 1.165) is 0 Å². The first-order chi connectivity index (χ1) is 25.4. The predicted octanol–water partition coefficient (Wildman–Crippen LogP) is 10.6. The minimum absolute atomic E-state index is 0. The van der Waals surface area contributed by atoms with Crippen LogP contribution in [-0.2, 0) is 0 Å². The molecule has 0 aliphatic carbocycles. The van der Waals surface area contributed by atoms with Crippen molar-refractivity contribution in [2.24, 2.45) is 0 Å². The van der Waals surface area contributed by atoms with Crippen LogP contribution in [0.1, 0.15) is 247 Å². The first-order valence-electron chi connectivity index (χ1n) is 24.3. The third-order valence-corrected chi connectivity index (χ3v) is 11.9. The van der Waals surface area contributed by atoms with Crippen molar-refractivity contribution in [2.75, 3.05) is 53.4 Å². The van der Waals surface area contributed by atoms with E-state index in [-0.39, 0.29) is 29.4 Å². The molecule has 0 bridgehead atoms. The maximum atomic E-state index is 2.45. The molecule has 0 amide bonds. The molecule has 0 aromatic carbocycles. The lowest BCUT2D eigenvalue weighted by Crippen LogP contribution is -3.00. The summed E-state index contributed by atoms with van der Waals surface area (Å²) in [6.45, 7) is 22.0. The molecule has 0 aliphatic rings. The molecular formula is C50H104BrClN2. The molecule has 0 fully saturated rings. The van der Waals surface area contributed by atoms with Gasteiger partial charge >= 0.3 is 0 Å². The Morgan fingerprint density at radius 3 is 0.796 bits per heavy atom. The summed E-state index contributed by atoms with van der Waals surface area (Å²) in [6.07, 6.45) is 54.5. The summed E-state index contributed by atoms with van der Waals surface area (Å²) in [7, 11) is 4.91. The largest absolute Gasteiger partial charge is 1.00 e. The molecule has 0 aliphatic heterocycles. The SMILES string of the molecule is CCCCCCCC/C=C\CCCCCCCC[N+](C)(C)CCCCCCCC/C=C\CCCCCCCC.CCCC[N+](CC)(CC)CCCC.[Br-].[Cl-]. The van der Waals surface area contributed by atoms with Crippen molar-refractivity contribution in [1.82, 2.24) is 0 Å². The highest BCUT2D eigenvalue weighted by molar-refractivity contribution is 4.82. The Balaban J connectivity index is -0.000000707. The summed E-state index contributed by atoms with van der Waals surface area (Å²) in [5, 5.41) is 0. The van der Waals surface area contributed by atoms with Crippen LogP contribution >= 0.6 is 0 Å². The highest BCUT2D eigenvalue weighted by Gasteiger charge is 2.21. The Hall–Kier alpha value is 0.170. The number of hydrogen-bond donors (Lipinski definition) is 0. The molecule has 328 valence electrons. The second kappa shape index (κ2) is 49.3. The molecule has 54 heavy (non-hydrogen) atoms. The molecule has 0 rings (SSSR count). The Labute approximate surface area is 361 Å². The smallest absolute Gasteiger partial charge is 0.0786 e. The average molecular weight is 849 g/mol. The van der Waals surface area contributed by atoms with Gasteiger partial charge in [0.2, 0.25) is 0 Å². The van der Waals surface area contributed by atoms with Crippen molar-refractivity contribution in [2.45, 2.75) is 247 Å². The molecule has 0 aromatic rings. The van der Waals surface area contributed by atoms with Crippen LogP contribution in [0.5, 0.6) is 0 Å². The molecule has 0 aromatic heterocycles. The molecule has 0 heterocycles. The molecule has 0 spiro atoms. The zero-order valence-corrected chi connectivity index (χ0v) is 41.2. The number of halogens is 2. The van der Waals surface area contributed by atoms with E-state index < -0.39 is 0 Å². The quantitative estimate of drug-likeness (QED) is 0.0327. The van der Waals surface area contributed by atoms with Gasteiger partial charge in [-0.2, -0.15) is 0 Å². The summed E-state index contributed by atoms with van der Waals surface area (Å²) >= 11 is 0. The van der Waals surface area contributed by atoms with E-state index in [2.05, 4.69) is 79.9 Å². The van der Waals surface area contributed by atoms with Crippen LogP contribution in [0.15, 0.2) is 24.3 Å². The maximum Gasteiger partial charge on any atom is 0.0786 e. The van der Waals surface area contributed by atoms with Crippen LogP contribution in [0.3, 0.4) is 0 Å². The number of rotatable bonds is 40. The van der Waals surface area contributed by atoms with Crippen molar-refractivity contribution < 1.29 is 38.4 Å². The summed E-state index contributed by atoms with van der Waals surface area (Å²) in [6, 6.07) is 0. The van der Waals surface area contributed by atoms with Gasteiger partial charge in [0.05, 0.1) is 53.4 Å². The monoisotopic (exact) mass is 847 g/mol. The van der Waals surface area contributed by atoms with Gasteiger partial charge in [0.25, 0.3) is 0 Å². The van der Waals surface area contributed by atoms with Crippen LogP contribution < -0.4 is 29.4 Å². The van der Waals surface area contributed by atoms with Crippen molar-refractivity contribution in [3.05, 3.63) is 24.3 Å². The number of allylic oxidation sites excluding steroid dienone is 4. The second-order valence-electron chi connectivity index (χ2n) is 17.4. The van der Waals surface area contributed by atoms with Crippen LogP contribution in [0.2, 0.25) is 0 Å². The molecule has 0 saturated carbocycles. The van der Waals surface area contributed by atoms with Crippen molar-refractivity contribution in [3.63, 3.8) is 0 Å². The van der Waals surface area contributed by atoms with Gasteiger partial charge in [-0.25, -0.2) is 0 Å². The Bertz CT molecular complexity index is 663. The van der Waals surface area contributed by atoms with Crippen LogP contribution in [0, 0.1) is 0 Å². The first-order valence-corrected chi connectivity index (χ1v) is 24.3. The molecule has 4 heteroatoms. The molecule has 0 N–H and O–H groups in total. The fourth-order valence-electron chi connectivity index (χ4n) is 7.64. The Morgan fingerprint density at radius 2 is 0.537 bits per heavy atom. The van der Waals surface area contributed by atoms with Gasteiger partial charge < -0.3 is 38.4 Å². The Morgan fingerprint density at radius 1 is 0.296 bits per heavy atom. The zero-order chi connectivity index (χ0) is 38.7. The first kappa shape index (κ1) is 60.8. The third-order valence-electron chi connectivity index (χ3n) is 11.9. The van der Waals surface area contributed by atoms with Gasteiger partial charge in [-0.1, -0.05) is 168 Å². The summed E-state index contributed by atoms with van der Waals surface area (Å²) in [5.41, 5.74) is 0. The lowest BCUT2D eigenvalue weighted by atomic mass is 10.1. The number of unbranched alkanes of at least 4 members (excludes halogenated alkanes) is 26. The molecular weight excluding hydrogens is 744 g/mol. The van der Waals surface area contributed by atoms with Gasteiger partial charge in [-0.3, -0.25) is 0 Å². The minimum Gasteiger partial charge on any atom is -1.00 e. The lowest BCUT2D eigenvalue weighted by Gasteiger charge is -2.37. The molecule has 2 nitrogen and oxygen atoms in total. The Kier molecular flexibility index (Phi) is 55.6. The van der Waals surface area contributed by atoms with Crippen molar-refractivity contribution in [3.8, 4) is 0 Å². The van der Waals surface area contributed by atoms with Gasteiger partial charge in [0, 0.05) is 0 Å². The van der Waals surface area contributed by atoms with Crippen molar-refractivity contribution in [1.29, 1.82) is 0 Å². The van der Waals surface area contributed by atoms with Crippen LogP contribution in [0.4, 0.5) is 0 Å². The number of hydrogen-bond acceptors (Lipinski definition) is 0. The second-order valence-corrected chi connectivity index (χ2v) is 17.4. The predicted molar refractivity (Wildman–Crippen MR) is 242 cm³/mol. The summed E-state index contributed by atoms with van der Waals surface area (Å²) in [4.78, 5) is 0. The van der Waals surface area contributed by atoms with Gasteiger partial charge in [-0.05, 0) is 104 Å². The number of quaternary nitrogens is 2. The number of nitrogens with zero attached hydrogens (tertiary/aromatic N) is 2. The van der Waals surface area contributed by atoms with Crippen molar-refractivity contribution >= 4 is 0 Å². The summed E-state index contributed by atoms with van der Waals surface area (Å²) in [5.74, 6) is 0. The van der Waals surface area contributed by atoms with E-state index >= 15 is 0 Å². The lowest BCUT2D eigenvalue weighted by molar-refractivity contribution is -0.925. The molecule has 0 unspecified atom stereocenters. The van der Waals surface area contributed by atoms with E-state index in [1.54, 1.807) is 0 Å². The minimum atomic E-state index is 0. The summed E-state index contributed by atoms with van der Waals surface area (Å²) < 4.78 is 2.58. The highest BCUT2D eigenvalue weighted by Crippen LogP contribution is 2.15. The van der Waals surface area contributed by atoms with E-state index in [1.807, 2.05) is 0 Å². The van der Waals surface area contributed by atoms with Crippen LogP contribution in [-0.4, -0.2) is 62.3 Å². The standard InChI is InChI=1S/C38H76N.C12H28N.BrH.ClH/c1-5-7-9-11-13-15-17-19-21-23-25-27-29-31-33-35-37-39(3,4)38-36-34-32-30-28-26-24-22-20-18-16-14-12-10-8-6-2;1-5-9-11-13(7-3,8-4)12-10-6-2;;/h19-22H,5-18,23-38H2,1-4H3;5-12H2,1-4H3;2*1H/q2*+1;;/p-2/b21-19-,22-20-;;;. The molecule has 0 radical (unpaired) electrons. The average Bonchev–Trinajstić information content (AvgIpc) is 3.15. The fraction of sp³-hybridized carbons (Fsp3) is 0.920. The van der Waals surface area contributed by atoms with E-state index in [0.29, 0.717) is 0 Å². The zero-order valence-electron chi connectivity index (χ0n) is 38.8. The van der Waals surface area contributed by atoms with Crippen LogP contribution in [0.25, 0.3) is 0 Å². The third kappa shape index (κ3) is 46.6.